The molecule has 0 aliphatic heterocycles. The van der Waals surface area contributed by atoms with E-state index in [2.05, 4.69) is 10.5 Å². The van der Waals surface area contributed by atoms with Crippen molar-refractivity contribution in [3.05, 3.63) is 17.4 Å². The van der Waals surface area contributed by atoms with Crippen LogP contribution in [0, 0.1) is 0 Å². The number of Topliss-reactive ketones (excluding diaryl/α,β-unsaturated/α-hetero) is 1. The first kappa shape index (κ1) is 14.6. The number of methoxy groups -OCH3 is 1. The highest BCUT2D eigenvalue weighted by atomic mass is 16.5. The van der Waals surface area contributed by atoms with Crippen molar-refractivity contribution in [3.8, 4) is 0 Å². The Balaban J connectivity index is 4.48. The van der Waals surface area contributed by atoms with Crippen LogP contribution in [0.3, 0.4) is 0 Å². The standard InChI is InChI=1S/C12H18O4/c1-9(2)7-8-12(3,15)10(13)5-6-11(14)16-4/h8,15H,5-6H2,1-4H3. The van der Waals surface area contributed by atoms with E-state index >= 15 is 0 Å². The Labute approximate surface area is 95.6 Å². The molecule has 0 amide bonds. The van der Waals surface area contributed by atoms with Crippen LogP contribution in [-0.2, 0) is 14.3 Å². The van der Waals surface area contributed by atoms with Crippen molar-refractivity contribution in [2.24, 2.45) is 0 Å². The fourth-order valence-corrected chi connectivity index (χ4v) is 0.936. The summed E-state index contributed by atoms with van der Waals surface area (Å²) in [7, 11) is 1.26. The lowest BCUT2D eigenvalue weighted by atomic mass is 9.97. The van der Waals surface area contributed by atoms with Gasteiger partial charge in [-0.05, 0) is 32.4 Å². The van der Waals surface area contributed by atoms with Crippen molar-refractivity contribution >= 4 is 11.8 Å². The van der Waals surface area contributed by atoms with Crippen LogP contribution in [0.2, 0.25) is 0 Å². The molecule has 1 unspecified atom stereocenters. The molecule has 0 saturated heterocycles. The molecule has 0 rings (SSSR count). The van der Waals surface area contributed by atoms with Gasteiger partial charge in [-0.25, -0.2) is 0 Å². The summed E-state index contributed by atoms with van der Waals surface area (Å²) in [6, 6.07) is 0. The zero-order valence-corrected chi connectivity index (χ0v) is 10.2. The maximum atomic E-state index is 11.6. The molecule has 0 saturated carbocycles. The average molecular weight is 226 g/mol. The Morgan fingerprint density at radius 1 is 1.38 bits per heavy atom. The predicted octanol–water partition coefficient (Wildman–Crippen LogP) is 1.38. The quantitative estimate of drug-likeness (QED) is 0.568. The SMILES string of the molecule is COC(=O)CCC(=O)C(C)(O)C=C=C(C)C. The molecule has 0 fully saturated rings. The van der Waals surface area contributed by atoms with E-state index in [1.54, 1.807) is 0 Å². The number of ether oxygens (including phenoxy) is 1. The van der Waals surface area contributed by atoms with E-state index in [0.29, 0.717) is 0 Å². The van der Waals surface area contributed by atoms with Gasteiger partial charge >= 0.3 is 5.97 Å². The number of hydrogen-bond donors (Lipinski definition) is 1. The summed E-state index contributed by atoms with van der Waals surface area (Å²) < 4.78 is 4.41. The van der Waals surface area contributed by atoms with Gasteiger partial charge in [0.25, 0.3) is 0 Å². The second kappa shape index (κ2) is 6.26. The van der Waals surface area contributed by atoms with E-state index < -0.39 is 17.4 Å². The predicted molar refractivity (Wildman–Crippen MR) is 59.8 cm³/mol. The summed E-state index contributed by atoms with van der Waals surface area (Å²) >= 11 is 0. The molecule has 1 atom stereocenters. The molecular weight excluding hydrogens is 208 g/mol. The van der Waals surface area contributed by atoms with Crippen molar-refractivity contribution in [3.63, 3.8) is 0 Å². The van der Waals surface area contributed by atoms with E-state index in [4.69, 9.17) is 0 Å². The molecule has 4 nitrogen and oxygen atoms in total. The van der Waals surface area contributed by atoms with Gasteiger partial charge in [0.05, 0.1) is 13.5 Å². The number of esters is 1. The van der Waals surface area contributed by atoms with Crippen LogP contribution in [0.15, 0.2) is 17.4 Å². The number of ketones is 1. The molecule has 0 radical (unpaired) electrons. The third-order valence-corrected chi connectivity index (χ3v) is 1.99. The molecule has 16 heavy (non-hydrogen) atoms. The highest BCUT2D eigenvalue weighted by Crippen LogP contribution is 2.11. The minimum absolute atomic E-state index is 0.0197. The average Bonchev–Trinajstić information content (AvgIpc) is 2.22. The maximum Gasteiger partial charge on any atom is 0.305 e. The van der Waals surface area contributed by atoms with Gasteiger partial charge in [0.2, 0.25) is 0 Å². The molecule has 1 N–H and O–H groups in total. The highest BCUT2D eigenvalue weighted by Gasteiger charge is 2.27. The molecule has 0 heterocycles. The normalized spacial score (nSPS) is 13.3. The summed E-state index contributed by atoms with van der Waals surface area (Å²) in [4.78, 5) is 22.4. The van der Waals surface area contributed by atoms with E-state index in [0.717, 1.165) is 5.57 Å². The Morgan fingerprint density at radius 3 is 2.38 bits per heavy atom. The Bertz CT molecular complexity index is 329. The lowest BCUT2D eigenvalue weighted by molar-refractivity contribution is -0.143. The van der Waals surface area contributed by atoms with E-state index in [-0.39, 0.29) is 12.8 Å². The van der Waals surface area contributed by atoms with Crippen LogP contribution in [0.5, 0.6) is 0 Å². The van der Waals surface area contributed by atoms with Crippen LogP contribution < -0.4 is 0 Å². The minimum Gasteiger partial charge on any atom is -0.469 e. The van der Waals surface area contributed by atoms with Crippen molar-refractivity contribution in [1.29, 1.82) is 0 Å². The molecule has 90 valence electrons. The monoisotopic (exact) mass is 226 g/mol. The lowest BCUT2D eigenvalue weighted by Crippen LogP contribution is -2.32. The van der Waals surface area contributed by atoms with Crippen LogP contribution in [0.4, 0.5) is 0 Å². The van der Waals surface area contributed by atoms with Gasteiger partial charge in [-0.1, -0.05) is 0 Å². The van der Waals surface area contributed by atoms with Gasteiger partial charge in [0.1, 0.15) is 5.60 Å². The lowest BCUT2D eigenvalue weighted by Gasteiger charge is -2.15. The van der Waals surface area contributed by atoms with Gasteiger partial charge < -0.3 is 9.84 Å². The number of carbonyl (C=O) groups is 2. The molecule has 0 aliphatic carbocycles. The van der Waals surface area contributed by atoms with Crippen molar-refractivity contribution < 1.29 is 19.4 Å². The zero-order valence-electron chi connectivity index (χ0n) is 10.2. The fraction of sp³-hybridized carbons (Fsp3) is 0.583. The second-order valence-electron chi connectivity index (χ2n) is 3.94. The molecule has 0 aromatic rings. The molecular formula is C12H18O4. The van der Waals surface area contributed by atoms with Crippen LogP contribution in [0.25, 0.3) is 0 Å². The zero-order chi connectivity index (χ0) is 12.8. The topological polar surface area (TPSA) is 63.6 Å². The summed E-state index contributed by atoms with van der Waals surface area (Å²) in [6.07, 6.45) is 1.25. The van der Waals surface area contributed by atoms with Gasteiger partial charge in [-0.15, -0.1) is 5.73 Å². The molecule has 0 spiro atoms. The van der Waals surface area contributed by atoms with Gasteiger partial charge in [-0.3, -0.25) is 9.59 Å². The molecule has 4 heteroatoms. The van der Waals surface area contributed by atoms with Crippen molar-refractivity contribution in [2.75, 3.05) is 7.11 Å². The minimum atomic E-state index is -1.58. The first-order valence-corrected chi connectivity index (χ1v) is 5.03. The smallest absolute Gasteiger partial charge is 0.305 e. The first-order valence-electron chi connectivity index (χ1n) is 5.03. The third-order valence-electron chi connectivity index (χ3n) is 1.99. The van der Waals surface area contributed by atoms with E-state index in [1.165, 1.54) is 20.1 Å². The number of hydrogen-bond acceptors (Lipinski definition) is 4. The Morgan fingerprint density at radius 2 is 1.94 bits per heavy atom. The van der Waals surface area contributed by atoms with Crippen LogP contribution in [-0.4, -0.2) is 29.6 Å². The van der Waals surface area contributed by atoms with Crippen LogP contribution in [0.1, 0.15) is 33.6 Å². The molecule has 0 bridgehead atoms. The summed E-state index contributed by atoms with van der Waals surface area (Å²) in [5.74, 6) is -0.887. The van der Waals surface area contributed by atoms with Gasteiger partial charge in [0, 0.05) is 6.42 Å². The second-order valence-corrected chi connectivity index (χ2v) is 3.94. The summed E-state index contributed by atoms with van der Waals surface area (Å²) in [5, 5.41) is 9.78. The van der Waals surface area contributed by atoms with E-state index in [9.17, 15) is 14.7 Å². The van der Waals surface area contributed by atoms with Crippen molar-refractivity contribution in [1.82, 2.24) is 0 Å². The van der Waals surface area contributed by atoms with E-state index in [1.807, 2.05) is 13.8 Å². The number of carbonyl (C=O) groups excluding carboxylic acids is 2. The first-order chi connectivity index (χ1) is 7.29. The largest absolute Gasteiger partial charge is 0.469 e. The Hall–Kier alpha value is -1.38. The Kier molecular flexibility index (Phi) is 5.72. The number of rotatable bonds is 5. The van der Waals surface area contributed by atoms with Crippen molar-refractivity contribution in [2.45, 2.75) is 39.2 Å². The number of aliphatic hydroxyl groups is 1. The highest BCUT2D eigenvalue weighted by molar-refractivity contribution is 5.90. The third kappa shape index (κ3) is 5.49. The fourth-order valence-electron chi connectivity index (χ4n) is 0.936. The molecule has 0 aliphatic rings. The molecule has 0 aromatic carbocycles. The summed E-state index contributed by atoms with van der Waals surface area (Å²) in [6.45, 7) is 5.00. The summed E-state index contributed by atoms with van der Waals surface area (Å²) in [5.41, 5.74) is 2.06. The maximum absolute atomic E-state index is 11.6. The van der Waals surface area contributed by atoms with Gasteiger partial charge in [0.15, 0.2) is 5.78 Å². The van der Waals surface area contributed by atoms with Gasteiger partial charge in [-0.2, -0.15) is 0 Å². The molecule has 0 aromatic heterocycles. The van der Waals surface area contributed by atoms with Crippen LogP contribution >= 0.6 is 0 Å².